The monoisotopic (exact) mass is 638 g/mol. The average Bonchev–Trinajstić information content (AvgIpc) is 3.78. The first-order valence-electron chi connectivity index (χ1n) is 15.7. The number of carbonyl (C=O) groups excluding carboxylic acids is 3. The minimum atomic E-state index is -0.424. The predicted molar refractivity (Wildman–Crippen MR) is 178 cm³/mol. The molecule has 0 spiro atoms. The molecule has 3 heterocycles. The third-order valence-corrected chi connectivity index (χ3v) is 13.1. The van der Waals surface area contributed by atoms with Gasteiger partial charge in [-0.3, -0.25) is 24.1 Å². The van der Waals surface area contributed by atoms with Crippen molar-refractivity contribution < 1.29 is 14.4 Å². The number of anilines is 2. The Balaban J connectivity index is 1.07. The Labute approximate surface area is 269 Å². The van der Waals surface area contributed by atoms with Gasteiger partial charge in [0.25, 0.3) is 0 Å². The van der Waals surface area contributed by atoms with Crippen LogP contribution >= 0.6 is 23.1 Å². The lowest BCUT2D eigenvalue weighted by Gasteiger charge is -2.43. The van der Waals surface area contributed by atoms with Crippen LogP contribution in [-0.2, 0) is 14.4 Å². The van der Waals surface area contributed by atoms with Gasteiger partial charge < -0.3 is 15.2 Å². The SMILES string of the molecule is CCN(CC)c1ccc([C@H]2c3sc(=O)[nH]c3SC3C4CC(C5C(=O)N(CC(=O)Nc6ccc7ccccc7c6)C(=O)C45)C32)cc1. The van der Waals surface area contributed by atoms with Gasteiger partial charge in [0.2, 0.25) is 17.7 Å². The summed E-state index contributed by atoms with van der Waals surface area (Å²) in [6, 6.07) is 22.2. The second kappa shape index (κ2) is 10.9. The van der Waals surface area contributed by atoms with Crippen LogP contribution in [0.2, 0.25) is 0 Å². The molecular weight excluding hydrogens is 605 g/mol. The number of hydrogen-bond donors (Lipinski definition) is 2. The number of aromatic amines is 1. The Morgan fingerprint density at radius 1 is 0.933 bits per heavy atom. The number of benzene rings is 3. The number of thiazole rings is 1. The van der Waals surface area contributed by atoms with Crippen molar-refractivity contribution in [2.24, 2.45) is 29.6 Å². The van der Waals surface area contributed by atoms with Gasteiger partial charge in [0.1, 0.15) is 6.54 Å². The van der Waals surface area contributed by atoms with E-state index in [2.05, 4.69) is 53.3 Å². The summed E-state index contributed by atoms with van der Waals surface area (Å²) in [7, 11) is 0. The highest BCUT2D eigenvalue weighted by atomic mass is 32.2. The lowest BCUT2D eigenvalue weighted by Crippen LogP contribution is -2.42. The molecule has 2 aliphatic carbocycles. The van der Waals surface area contributed by atoms with E-state index in [0.717, 1.165) is 51.4 Å². The molecular formula is C35H34N4O4S2. The minimum absolute atomic E-state index is 0.0142. The summed E-state index contributed by atoms with van der Waals surface area (Å²) in [5, 5.41) is 5.98. The normalized spacial score (nSPS) is 27.9. The number of carbonyl (C=O) groups is 3. The van der Waals surface area contributed by atoms with Gasteiger partial charge >= 0.3 is 4.87 Å². The zero-order chi connectivity index (χ0) is 31.0. The molecule has 1 saturated heterocycles. The summed E-state index contributed by atoms with van der Waals surface area (Å²) in [4.78, 5) is 61.1. The van der Waals surface area contributed by atoms with Gasteiger partial charge in [-0.2, -0.15) is 0 Å². The van der Waals surface area contributed by atoms with Crippen molar-refractivity contribution in [3.8, 4) is 0 Å². The summed E-state index contributed by atoms with van der Waals surface area (Å²) in [5.74, 6) is -1.53. The van der Waals surface area contributed by atoms with E-state index in [1.54, 1.807) is 11.8 Å². The van der Waals surface area contributed by atoms with Crippen molar-refractivity contribution >= 4 is 63.0 Å². The number of nitrogens with zero attached hydrogens (tertiary/aromatic N) is 2. The number of H-pyrrole nitrogens is 1. The highest BCUT2D eigenvalue weighted by Gasteiger charge is 2.69. The maximum absolute atomic E-state index is 14.0. The number of nitrogens with one attached hydrogen (secondary N) is 2. The Kier molecular flexibility index (Phi) is 6.91. The lowest BCUT2D eigenvalue weighted by atomic mass is 9.68. The van der Waals surface area contributed by atoms with E-state index < -0.39 is 11.8 Å². The summed E-state index contributed by atoms with van der Waals surface area (Å²) >= 11 is 2.95. The number of likely N-dealkylation sites (tertiary alicyclic amines) is 1. The van der Waals surface area contributed by atoms with Crippen molar-refractivity contribution in [3.05, 3.63) is 86.8 Å². The van der Waals surface area contributed by atoms with Crippen molar-refractivity contribution in [1.82, 2.24) is 9.88 Å². The van der Waals surface area contributed by atoms with Crippen molar-refractivity contribution in [2.45, 2.75) is 36.5 Å². The number of amides is 3. The summed E-state index contributed by atoms with van der Waals surface area (Å²) in [6.07, 6.45) is 0.819. The zero-order valence-corrected chi connectivity index (χ0v) is 26.7. The second-order valence-electron chi connectivity index (χ2n) is 12.6. The molecule has 10 heteroatoms. The van der Waals surface area contributed by atoms with Gasteiger partial charge in [-0.1, -0.05) is 53.8 Å². The third kappa shape index (κ3) is 4.47. The van der Waals surface area contributed by atoms with E-state index in [1.807, 2.05) is 42.5 Å². The first-order valence-corrected chi connectivity index (χ1v) is 17.4. The lowest BCUT2D eigenvalue weighted by molar-refractivity contribution is -0.143. The molecule has 3 amide bonds. The number of aromatic nitrogens is 1. The Morgan fingerprint density at radius 3 is 2.38 bits per heavy atom. The Hall–Kier alpha value is -3.89. The van der Waals surface area contributed by atoms with Crippen LogP contribution in [0.15, 0.2) is 76.6 Å². The minimum Gasteiger partial charge on any atom is -0.372 e. The molecule has 4 aliphatic rings. The number of hydrogen-bond acceptors (Lipinski definition) is 7. The van der Waals surface area contributed by atoms with E-state index in [1.165, 1.54) is 16.2 Å². The standard InChI is InChI=1S/C35H34N4O4S2/c1-3-38(4-2)22-13-10-19(11-14-22)26-27-23-16-24(30(27)44-32-31(26)45-35(43)37-32)29-28(23)33(41)39(34(29)42)17-25(40)36-21-12-9-18-7-5-6-8-20(18)15-21/h5-15,23-24,26-30H,3-4,16-17H2,1-2H3,(H,36,40)(H,37,43)/t23?,24?,26-,27?,28?,29?,30?/m1/s1. The highest BCUT2D eigenvalue weighted by Crippen LogP contribution is 2.68. The van der Waals surface area contributed by atoms with Crippen LogP contribution in [0.3, 0.4) is 0 Å². The quantitative estimate of drug-likeness (QED) is 0.258. The fraction of sp³-hybridized carbons (Fsp3) is 0.371. The van der Waals surface area contributed by atoms with E-state index >= 15 is 0 Å². The molecule has 3 aromatic carbocycles. The van der Waals surface area contributed by atoms with Gasteiger partial charge in [0.05, 0.1) is 16.9 Å². The molecule has 6 unspecified atom stereocenters. The fourth-order valence-corrected chi connectivity index (χ4v) is 11.6. The first-order chi connectivity index (χ1) is 21.9. The third-order valence-electron chi connectivity index (χ3n) is 10.5. The molecule has 7 atom stereocenters. The van der Waals surface area contributed by atoms with E-state index in [0.29, 0.717) is 5.69 Å². The van der Waals surface area contributed by atoms with Crippen molar-refractivity contribution in [1.29, 1.82) is 0 Å². The van der Waals surface area contributed by atoms with Crippen molar-refractivity contribution in [3.63, 3.8) is 0 Å². The van der Waals surface area contributed by atoms with Crippen LogP contribution in [0.25, 0.3) is 10.8 Å². The molecule has 4 aromatic rings. The maximum Gasteiger partial charge on any atom is 0.305 e. The van der Waals surface area contributed by atoms with Gasteiger partial charge in [-0.05, 0) is 78.6 Å². The molecule has 8 nitrogen and oxygen atoms in total. The summed E-state index contributed by atoms with van der Waals surface area (Å²) in [5.41, 5.74) is 2.94. The number of rotatable bonds is 7. The molecule has 2 bridgehead atoms. The van der Waals surface area contributed by atoms with Crippen LogP contribution in [0.5, 0.6) is 0 Å². The molecule has 2 aliphatic heterocycles. The average molecular weight is 639 g/mol. The highest BCUT2D eigenvalue weighted by molar-refractivity contribution is 8.00. The molecule has 3 fully saturated rings. The summed E-state index contributed by atoms with van der Waals surface area (Å²) in [6.45, 7) is 5.85. The van der Waals surface area contributed by atoms with Gasteiger partial charge in [-0.15, -0.1) is 11.8 Å². The molecule has 0 radical (unpaired) electrons. The predicted octanol–water partition coefficient (Wildman–Crippen LogP) is 5.55. The van der Waals surface area contributed by atoms with Gasteiger partial charge in [0.15, 0.2) is 0 Å². The van der Waals surface area contributed by atoms with Crippen LogP contribution in [0.1, 0.15) is 36.6 Å². The van der Waals surface area contributed by atoms with Gasteiger partial charge in [-0.25, -0.2) is 0 Å². The molecule has 230 valence electrons. The topological polar surface area (TPSA) is 103 Å². The summed E-state index contributed by atoms with van der Waals surface area (Å²) < 4.78 is 0. The zero-order valence-electron chi connectivity index (χ0n) is 25.1. The maximum atomic E-state index is 14.0. The Bertz CT molecular complexity index is 1900. The Morgan fingerprint density at radius 2 is 1.64 bits per heavy atom. The molecule has 2 saturated carbocycles. The molecule has 2 N–H and O–H groups in total. The van der Waals surface area contributed by atoms with Crippen molar-refractivity contribution in [2.75, 3.05) is 29.9 Å². The molecule has 1 aromatic heterocycles. The first kappa shape index (κ1) is 28.6. The number of thioether (sulfide) groups is 1. The van der Waals surface area contributed by atoms with Crippen LogP contribution in [-0.4, -0.2) is 52.5 Å². The fourth-order valence-electron chi connectivity index (χ4n) is 8.70. The number of imide groups is 1. The molecule has 45 heavy (non-hydrogen) atoms. The van der Waals surface area contributed by atoms with E-state index in [4.69, 9.17) is 0 Å². The van der Waals surface area contributed by atoms with E-state index in [-0.39, 0.29) is 58.1 Å². The largest absolute Gasteiger partial charge is 0.372 e. The van der Waals surface area contributed by atoms with Crippen LogP contribution in [0.4, 0.5) is 11.4 Å². The molecule has 8 rings (SSSR count). The van der Waals surface area contributed by atoms with Crippen LogP contribution in [0, 0.1) is 29.6 Å². The van der Waals surface area contributed by atoms with E-state index in [9.17, 15) is 19.2 Å². The van der Waals surface area contributed by atoms with Crippen LogP contribution < -0.4 is 15.1 Å². The second-order valence-corrected chi connectivity index (χ2v) is 14.8. The van der Waals surface area contributed by atoms with Gasteiger partial charge in [0, 0.05) is 40.5 Å². The number of fused-ring (bicyclic) bond motifs is 10. The smallest absolute Gasteiger partial charge is 0.305 e.